The monoisotopic (exact) mass is 412 g/mol. The molecule has 2 aromatic rings. The molecular weight excluding hydrogens is 392 g/mol. The van der Waals surface area contributed by atoms with Gasteiger partial charge in [0, 0.05) is 23.9 Å². The molecule has 2 aromatic carbocycles. The Labute approximate surface area is 172 Å². The normalized spacial score (nSPS) is 10.6. The number of anilines is 1. The highest BCUT2D eigenvalue weighted by molar-refractivity contribution is 5.95. The molecule has 0 aliphatic heterocycles. The van der Waals surface area contributed by atoms with E-state index in [1.54, 1.807) is 19.9 Å². The van der Waals surface area contributed by atoms with Gasteiger partial charge in [0.15, 0.2) is 6.61 Å². The third-order valence-electron chi connectivity index (χ3n) is 3.59. The molecule has 2 rings (SSSR count). The van der Waals surface area contributed by atoms with Crippen LogP contribution in [0.5, 0.6) is 0 Å². The minimum absolute atomic E-state index is 0.103. The first-order valence-electron chi connectivity index (χ1n) is 8.95. The minimum Gasteiger partial charge on any atom is -0.459 e. The van der Waals surface area contributed by atoms with Gasteiger partial charge < -0.3 is 14.8 Å². The molecule has 0 aliphatic carbocycles. The molecule has 0 atom stereocenters. The number of ether oxygens (including phenoxy) is 2. The Hall–Kier alpha value is -4.01. The Balaban J connectivity index is 1.82. The van der Waals surface area contributed by atoms with E-state index in [-0.39, 0.29) is 11.8 Å². The van der Waals surface area contributed by atoms with Crippen LogP contribution in [0.2, 0.25) is 0 Å². The number of nitro benzene ring substituents is 1. The van der Waals surface area contributed by atoms with Crippen LogP contribution in [0.25, 0.3) is 6.08 Å². The average molecular weight is 412 g/mol. The van der Waals surface area contributed by atoms with E-state index in [9.17, 15) is 24.5 Å². The van der Waals surface area contributed by atoms with E-state index in [2.05, 4.69) is 5.32 Å². The number of hydrogen-bond donors (Lipinski definition) is 1. The highest BCUT2D eigenvalue weighted by Gasteiger charge is 2.10. The third-order valence-corrected chi connectivity index (χ3v) is 3.59. The number of nitro groups is 1. The Bertz CT molecular complexity index is 966. The van der Waals surface area contributed by atoms with Crippen molar-refractivity contribution in [2.75, 3.05) is 11.9 Å². The molecule has 0 aromatic heterocycles. The Morgan fingerprint density at radius 2 is 1.83 bits per heavy atom. The fraction of sp³-hybridized carbons (Fsp3) is 0.190. The molecule has 1 N–H and O–H groups in total. The second kappa shape index (κ2) is 10.5. The van der Waals surface area contributed by atoms with Crippen LogP contribution >= 0.6 is 0 Å². The van der Waals surface area contributed by atoms with Crippen LogP contribution in [0.4, 0.5) is 11.4 Å². The predicted molar refractivity (Wildman–Crippen MR) is 109 cm³/mol. The van der Waals surface area contributed by atoms with Gasteiger partial charge in [-0.3, -0.25) is 14.9 Å². The third kappa shape index (κ3) is 7.19. The van der Waals surface area contributed by atoms with Gasteiger partial charge >= 0.3 is 11.9 Å². The fourth-order valence-electron chi connectivity index (χ4n) is 2.26. The summed E-state index contributed by atoms with van der Waals surface area (Å²) in [4.78, 5) is 45.6. The smallest absolute Gasteiger partial charge is 0.338 e. The number of carbonyl (C=O) groups is 3. The van der Waals surface area contributed by atoms with Crippen LogP contribution in [0.15, 0.2) is 54.6 Å². The van der Waals surface area contributed by atoms with Crippen molar-refractivity contribution in [2.24, 2.45) is 0 Å². The topological polar surface area (TPSA) is 125 Å². The van der Waals surface area contributed by atoms with Gasteiger partial charge in [-0.05, 0) is 49.8 Å². The van der Waals surface area contributed by atoms with Crippen LogP contribution in [0.3, 0.4) is 0 Å². The number of rotatable bonds is 8. The maximum absolute atomic E-state index is 11.9. The Morgan fingerprint density at radius 1 is 1.13 bits per heavy atom. The minimum atomic E-state index is -0.775. The van der Waals surface area contributed by atoms with Crippen molar-refractivity contribution in [3.8, 4) is 0 Å². The molecule has 30 heavy (non-hydrogen) atoms. The molecular formula is C21H20N2O7. The SMILES string of the molecule is CC(C)OC(=O)c1ccc(NC(=O)COC(=O)/C=C/c2cccc([N+](=O)[O-])c2)cc1. The fourth-order valence-corrected chi connectivity index (χ4v) is 2.26. The van der Waals surface area contributed by atoms with Gasteiger partial charge in [0.2, 0.25) is 0 Å². The summed E-state index contributed by atoms with van der Waals surface area (Å²) in [6.45, 7) is 2.97. The lowest BCUT2D eigenvalue weighted by Gasteiger charge is -2.09. The van der Waals surface area contributed by atoms with E-state index in [1.165, 1.54) is 48.5 Å². The van der Waals surface area contributed by atoms with E-state index in [0.717, 1.165) is 6.08 Å². The van der Waals surface area contributed by atoms with Crippen LogP contribution < -0.4 is 5.32 Å². The number of amides is 1. The van der Waals surface area contributed by atoms with E-state index in [0.29, 0.717) is 16.8 Å². The van der Waals surface area contributed by atoms with Gasteiger partial charge in [-0.2, -0.15) is 0 Å². The number of nitrogens with zero attached hydrogens (tertiary/aromatic N) is 1. The summed E-state index contributed by atoms with van der Waals surface area (Å²) in [5.41, 5.74) is 1.11. The molecule has 0 spiro atoms. The lowest BCUT2D eigenvalue weighted by Crippen LogP contribution is -2.20. The first kappa shape index (κ1) is 22.3. The van der Waals surface area contributed by atoms with Crippen molar-refractivity contribution < 1.29 is 28.8 Å². The van der Waals surface area contributed by atoms with Crippen molar-refractivity contribution in [1.82, 2.24) is 0 Å². The van der Waals surface area contributed by atoms with Gasteiger partial charge in [0.25, 0.3) is 11.6 Å². The maximum Gasteiger partial charge on any atom is 0.338 e. The molecule has 1 amide bonds. The van der Waals surface area contributed by atoms with Gasteiger partial charge in [0.1, 0.15) is 0 Å². The standard InChI is InChI=1S/C21H20N2O7/c1-14(2)30-21(26)16-7-9-17(10-8-16)22-19(24)13-29-20(25)11-6-15-4-3-5-18(12-15)23(27)28/h3-12,14H,13H2,1-2H3,(H,22,24)/b11-6+. The van der Waals surface area contributed by atoms with Gasteiger partial charge in [0.05, 0.1) is 16.6 Å². The van der Waals surface area contributed by atoms with Crippen molar-refractivity contribution >= 4 is 35.3 Å². The zero-order valence-corrected chi connectivity index (χ0v) is 16.4. The molecule has 0 aliphatic rings. The second-order valence-corrected chi connectivity index (χ2v) is 6.37. The largest absolute Gasteiger partial charge is 0.459 e. The van der Waals surface area contributed by atoms with E-state index < -0.39 is 29.4 Å². The highest BCUT2D eigenvalue weighted by Crippen LogP contribution is 2.14. The summed E-state index contributed by atoms with van der Waals surface area (Å²) < 4.78 is 9.91. The number of esters is 2. The van der Waals surface area contributed by atoms with Crippen LogP contribution in [-0.2, 0) is 19.1 Å². The number of carbonyl (C=O) groups excluding carboxylic acids is 3. The quantitative estimate of drug-likeness (QED) is 0.305. The summed E-state index contributed by atoms with van der Waals surface area (Å²) in [5, 5.41) is 13.3. The van der Waals surface area contributed by atoms with Crippen molar-refractivity contribution in [3.05, 3.63) is 75.8 Å². The molecule has 0 unspecified atom stereocenters. The average Bonchev–Trinajstić information content (AvgIpc) is 2.71. The first-order chi connectivity index (χ1) is 14.2. The molecule has 0 radical (unpaired) electrons. The lowest BCUT2D eigenvalue weighted by molar-refractivity contribution is -0.384. The molecule has 0 heterocycles. The summed E-state index contributed by atoms with van der Waals surface area (Å²) in [6, 6.07) is 11.8. The Kier molecular flexibility index (Phi) is 7.81. The zero-order chi connectivity index (χ0) is 22.1. The summed E-state index contributed by atoms with van der Waals surface area (Å²) >= 11 is 0. The van der Waals surface area contributed by atoms with Crippen molar-refractivity contribution in [2.45, 2.75) is 20.0 Å². The molecule has 9 nitrogen and oxygen atoms in total. The zero-order valence-electron chi connectivity index (χ0n) is 16.4. The number of benzene rings is 2. The molecule has 0 bridgehead atoms. The summed E-state index contributed by atoms with van der Waals surface area (Å²) in [7, 11) is 0. The van der Waals surface area contributed by atoms with Crippen LogP contribution in [0, 0.1) is 10.1 Å². The summed E-state index contributed by atoms with van der Waals surface area (Å²) in [6.07, 6.45) is 2.18. The van der Waals surface area contributed by atoms with Crippen molar-refractivity contribution in [3.63, 3.8) is 0 Å². The van der Waals surface area contributed by atoms with E-state index in [1.807, 2.05) is 0 Å². The Morgan fingerprint density at radius 3 is 2.47 bits per heavy atom. The van der Waals surface area contributed by atoms with E-state index in [4.69, 9.17) is 9.47 Å². The second-order valence-electron chi connectivity index (χ2n) is 6.37. The number of nitrogens with one attached hydrogen (secondary N) is 1. The summed E-state index contributed by atoms with van der Waals surface area (Å²) in [5.74, 6) is -1.81. The van der Waals surface area contributed by atoms with E-state index >= 15 is 0 Å². The van der Waals surface area contributed by atoms with Crippen molar-refractivity contribution in [1.29, 1.82) is 0 Å². The lowest BCUT2D eigenvalue weighted by atomic mass is 10.2. The molecule has 156 valence electrons. The van der Waals surface area contributed by atoms with Crippen LogP contribution in [0.1, 0.15) is 29.8 Å². The molecule has 9 heteroatoms. The highest BCUT2D eigenvalue weighted by atomic mass is 16.6. The first-order valence-corrected chi connectivity index (χ1v) is 8.95. The number of non-ortho nitro benzene ring substituents is 1. The van der Waals surface area contributed by atoms with Crippen LogP contribution in [-0.4, -0.2) is 35.5 Å². The predicted octanol–water partition coefficient (Wildman–Crippen LogP) is 3.36. The molecule has 0 fully saturated rings. The number of hydrogen-bond acceptors (Lipinski definition) is 7. The molecule has 0 saturated carbocycles. The maximum atomic E-state index is 11.9. The van der Waals surface area contributed by atoms with Gasteiger partial charge in [-0.15, -0.1) is 0 Å². The van der Waals surface area contributed by atoms with Gasteiger partial charge in [-0.25, -0.2) is 9.59 Å². The molecule has 0 saturated heterocycles. The van der Waals surface area contributed by atoms with Gasteiger partial charge in [-0.1, -0.05) is 12.1 Å².